The second-order valence-electron chi connectivity index (χ2n) is 4.72. The predicted octanol–water partition coefficient (Wildman–Crippen LogP) is 2.39. The molecule has 5 heteroatoms. The van der Waals surface area contributed by atoms with Crippen LogP contribution in [0.4, 0.5) is 0 Å². The van der Waals surface area contributed by atoms with Crippen molar-refractivity contribution in [2.24, 2.45) is 0 Å². The van der Waals surface area contributed by atoms with Gasteiger partial charge in [0, 0.05) is 16.2 Å². The minimum absolute atomic E-state index is 0.126. The summed E-state index contributed by atoms with van der Waals surface area (Å²) in [5.41, 5.74) is 0. The molecule has 18 heavy (non-hydrogen) atoms. The van der Waals surface area contributed by atoms with Crippen molar-refractivity contribution in [3.05, 3.63) is 21.9 Å². The standard InChI is InChI=1S/C13H18O3S2/c1-2-10-6-7-11(17-10)9-12(14)13-5-3-4-8-18(13,15)16/h6-7,13H,2-5,8-9H2,1H3. The summed E-state index contributed by atoms with van der Waals surface area (Å²) in [6.45, 7) is 2.07. The average molecular weight is 286 g/mol. The Labute approximate surface area is 112 Å². The van der Waals surface area contributed by atoms with E-state index >= 15 is 0 Å². The molecule has 1 atom stereocenters. The molecular weight excluding hydrogens is 268 g/mol. The van der Waals surface area contributed by atoms with Crippen LogP contribution in [0.3, 0.4) is 0 Å². The Morgan fingerprint density at radius 2 is 2.06 bits per heavy atom. The highest BCUT2D eigenvalue weighted by Gasteiger charge is 2.34. The topological polar surface area (TPSA) is 51.2 Å². The van der Waals surface area contributed by atoms with E-state index in [4.69, 9.17) is 0 Å². The summed E-state index contributed by atoms with van der Waals surface area (Å²) in [6.07, 6.45) is 3.29. The van der Waals surface area contributed by atoms with Crippen LogP contribution in [0, 0.1) is 0 Å². The van der Waals surface area contributed by atoms with E-state index in [0.717, 1.165) is 17.7 Å². The smallest absolute Gasteiger partial charge is 0.160 e. The molecule has 0 aliphatic carbocycles. The Bertz CT molecular complexity index is 528. The number of ketones is 1. The van der Waals surface area contributed by atoms with Crippen molar-refractivity contribution in [3.8, 4) is 0 Å². The molecule has 0 saturated carbocycles. The Hall–Kier alpha value is -0.680. The lowest BCUT2D eigenvalue weighted by Crippen LogP contribution is -2.36. The highest BCUT2D eigenvalue weighted by Crippen LogP contribution is 2.24. The van der Waals surface area contributed by atoms with Crippen molar-refractivity contribution in [1.82, 2.24) is 0 Å². The first-order valence-corrected chi connectivity index (χ1v) is 8.88. The number of aryl methyl sites for hydroxylation is 1. The zero-order chi connectivity index (χ0) is 13.2. The van der Waals surface area contributed by atoms with Crippen LogP contribution in [0.15, 0.2) is 12.1 Å². The fourth-order valence-electron chi connectivity index (χ4n) is 2.31. The van der Waals surface area contributed by atoms with Gasteiger partial charge in [0.1, 0.15) is 5.25 Å². The zero-order valence-electron chi connectivity index (χ0n) is 10.5. The first-order chi connectivity index (χ1) is 8.53. The lowest BCUT2D eigenvalue weighted by atomic mass is 10.1. The van der Waals surface area contributed by atoms with Crippen LogP contribution in [-0.2, 0) is 27.5 Å². The summed E-state index contributed by atoms with van der Waals surface area (Å²) in [4.78, 5) is 14.3. The molecule has 2 rings (SSSR count). The number of thiophene rings is 1. The third-order valence-electron chi connectivity index (χ3n) is 3.35. The highest BCUT2D eigenvalue weighted by atomic mass is 32.2. The Kier molecular flexibility index (Phi) is 4.22. The third-order valence-corrected chi connectivity index (χ3v) is 6.80. The molecule has 1 fully saturated rings. The maximum Gasteiger partial charge on any atom is 0.160 e. The highest BCUT2D eigenvalue weighted by molar-refractivity contribution is 7.92. The first kappa shape index (κ1) is 13.7. The molecule has 1 aromatic rings. The molecule has 1 saturated heterocycles. The van der Waals surface area contributed by atoms with E-state index in [9.17, 15) is 13.2 Å². The van der Waals surface area contributed by atoms with Crippen molar-refractivity contribution in [2.75, 3.05) is 5.75 Å². The van der Waals surface area contributed by atoms with Gasteiger partial charge in [0.2, 0.25) is 0 Å². The average Bonchev–Trinajstić information content (AvgIpc) is 2.76. The molecule has 100 valence electrons. The predicted molar refractivity (Wildman–Crippen MR) is 73.8 cm³/mol. The number of sulfone groups is 1. The molecule has 0 spiro atoms. The zero-order valence-corrected chi connectivity index (χ0v) is 12.1. The number of Topliss-reactive ketones (excluding diaryl/α,β-unsaturated/α-hetero) is 1. The van der Waals surface area contributed by atoms with Gasteiger partial charge < -0.3 is 0 Å². The number of carbonyl (C=O) groups excluding carboxylic acids is 1. The SMILES string of the molecule is CCc1ccc(CC(=O)C2CCCCS2(=O)=O)s1. The van der Waals surface area contributed by atoms with E-state index < -0.39 is 15.1 Å². The molecule has 2 heterocycles. The van der Waals surface area contributed by atoms with Gasteiger partial charge >= 0.3 is 0 Å². The molecular formula is C13H18O3S2. The van der Waals surface area contributed by atoms with E-state index in [1.165, 1.54) is 4.88 Å². The normalized spacial score (nSPS) is 22.8. The molecule has 0 amide bonds. The van der Waals surface area contributed by atoms with Crippen molar-refractivity contribution >= 4 is 27.0 Å². The Morgan fingerprint density at radius 3 is 2.67 bits per heavy atom. The van der Waals surface area contributed by atoms with Crippen molar-refractivity contribution in [2.45, 2.75) is 44.3 Å². The molecule has 1 aromatic heterocycles. The monoisotopic (exact) mass is 286 g/mol. The lowest BCUT2D eigenvalue weighted by molar-refractivity contribution is -0.118. The summed E-state index contributed by atoms with van der Waals surface area (Å²) in [5.74, 6) is 0.0489. The fraction of sp³-hybridized carbons (Fsp3) is 0.615. The van der Waals surface area contributed by atoms with E-state index in [1.54, 1.807) is 11.3 Å². The van der Waals surface area contributed by atoms with Gasteiger partial charge in [0.15, 0.2) is 15.6 Å². The maximum absolute atomic E-state index is 12.1. The van der Waals surface area contributed by atoms with Gasteiger partial charge in [0.25, 0.3) is 0 Å². The Morgan fingerprint density at radius 1 is 1.33 bits per heavy atom. The van der Waals surface area contributed by atoms with Crippen LogP contribution in [0.1, 0.15) is 35.9 Å². The summed E-state index contributed by atoms with van der Waals surface area (Å²) in [7, 11) is -3.19. The molecule has 3 nitrogen and oxygen atoms in total. The van der Waals surface area contributed by atoms with Gasteiger partial charge in [-0.15, -0.1) is 11.3 Å². The molecule has 0 N–H and O–H groups in total. The van der Waals surface area contributed by atoms with Gasteiger partial charge in [-0.25, -0.2) is 8.42 Å². The van der Waals surface area contributed by atoms with Gasteiger partial charge in [-0.2, -0.15) is 0 Å². The Balaban J connectivity index is 2.07. The van der Waals surface area contributed by atoms with E-state index in [2.05, 4.69) is 6.92 Å². The van der Waals surface area contributed by atoms with E-state index in [0.29, 0.717) is 12.8 Å². The van der Waals surface area contributed by atoms with Gasteiger partial charge in [-0.05, 0) is 31.4 Å². The van der Waals surface area contributed by atoms with Crippen molar-refractivity contribution in [1.29, 1.82) is 0 Å². The van der Waals surface area contributed by atoms with Crippen molar-refractivity contribution < 1.29 is 13.2 Å². The minimum Gasteiger partial charge on any atom is -0.298 e. The summed E-state index contributed by atoms with van der Waals surface area (Å²) >= 11 is 1.61. The van der Waals surface area contributed by atoms with Gasteiger partial charge in [-0.1, -0.05) is 13.3 Å². The fourth-order valence-corrected chi connectivity index (χ4v) is 5.18. The molecule has 1 unspecified atom stereocenters. The summed E-state index contributed by atoms with van der Waals surface area (Å²) in [5, 5.41) is -0.751. The van der Waals surface area contributed by atoms with Gasteiger partial charge in [-0.3, -0.25) is 4.79 Å². The number of hydrogen-bond acceptors (Lipinski definition) is 4. The maximum atomic E-state index is 12.1. The quantitative estimate of drug-likeness (QED) is 0.854. The molecule has 1 aliphatic rings. The first-order valence-electron chi connectivity index (χ1n) is 6.35. The van der Waals surface area contributed by atoms with Crippen LogP contribution >= 0.6 is 11.3 Å². The molecule has 0 bridgehead atoms. The second kappa shape index (κ2) is 5.53. The molecule has 0 radical (unpaired) electrons. The van der Waals surface area contributed by atoms with Crippen LogP contribution in [-0.4, -0.2) is 25.2 Å². The van der Waals surface area contributed by atoms with Gasteiger partial charge in [0.05, 0.1) is 5.75 Å². The van der Waals surface area contributed by atoms with E-state index in [-0.39, 0.29) is 18.0 Å². The van der Waals surface area contributed by atoms with Crippen LogP contribution in [0.2, 0.25) is 0 Å². The third kappa shape index (κ3) is 3.01. The molecule has 1 aliphatic heterocycles. The van der Waals surface area contributed by atoms with Crippen LogP contribution in [0.25, 0.3) is 0 Å². The number of rotatable bonds is 4. The summed E-state index contributed by atoms with van der Waals surface area (Å²) < 4.78 is 23.7. The van der Waals surface area contributed by atoms with Crippen LogP contribution in [0.5, 0.6) is 0 Å². The minimum atomic E-state index is -3.19. The van der Waals surface area contributed by atoms with Crippen LogP contribution < -0.4 is 0 Å². The van der Waals surface area contributed by atoms with Crippen molar-refractivity contribution in [3.63, 3.8) is 0 Å². The second-order valence-corrected chi connectivity index (χ2v) is 8.27. The molecule has 0 aromatic carbocycles. The van der Waals surface area contributed by atoms with E-state index in [1.807, 2.05) is 12.1 Å². The summed E-state index contributed by atoms with van der Waals surface area (Å²) in [6, 6.07) is 3.96. The largest absolute Gasteiger partial charge is 0.298 e. The number of carbonyl (C=O) groups is 1. The number of hydrogen-bond donors (Lipinski definition) is 0. The lowest BCUT2D eigenvalue weighted by Gasteiger charge is -2.20.